The van der Waals surface area contributed by atoms with Gasteiger partial charge in [-0.25, -0.2) is 4.98 Å². The van der Waals surface area contributed by atoms with Gasteiger partial charge in [-0.2, -0.15) is 0 Å². The molecule has 0 radical (unpaired) electrons. The minimum Gasteiger partial charge on any atom is -0.366 e. The zero-order chi connectivity index (χ0) is 18.5. The van der Waals surface area contributed by atoms with Crippen molar-refractivity contribution >= 4 is 11.7 Å². The number of hydrogen-bond donors (Lipinski definition) is 1. The Balaban J connectivity index is 1.24. The molecule has 2 atom stereocenters. The van der Waals surface area contributed by atoms with Crippen LogP contribution in [0.2, 0.25) is 0 Å². The summed E-state index contributed by atoms with van der Waals surface area (Å²) in [5.74, 6) is 1.82. The molecule has 1 aromatic heterocycles. The molecule has 0 saturated carbocycles. The number of hydrogen-bond acceptors (Lipinski definition) is 6. The summed E-state index contributed by atoms with van der Waals surface area (Å²) in [6, 6.07) is 6.10. The smallest absolute Gasteiger partial charge is 0.253 e. The van der Waals surface area contributed by atoms with Gasteiger partial charge in [0.2, 0.25) is 0 Å². The largest absolute Gasteiger partial charge is 0.366 e. The molecule has 0 bridgehead atoms. The molecule has 0 spiro atoms. The van der Waals surface area contributed by atoms with Gasteiger partial charge in [-0.05, 0) is 30.9 Å². The molecule has 3 aliphatic heterocycles. The van der Waals surface area contributed by atoms with E-state index in [-0.39, 0.29) is 12.0 Å². The lowest BCUT2D eigenvalue weighted by Crippen LogP contribution is -2.53. The second-order valence-electron chi connectivity index (χ2n) is 7.83. The van der Waals surface area contributed by atoms with Gasteiger partial charge >= 0.3 is 0 Å². The number of piperidine rings is 1. The van der Waals surface area contributed by atoms with E-state index in [4.69, 9.17) is 4.74 Å². The van der Waals surface area contributed by atoms with Crippen LogP contribution >= 0.6 is 0 Å². The highest BCUT2D eigenvalue weighted by atomic mass is 16.5. The number of morpholine rings is 1. The van der Waals surface area contributed by atoms with Gasteiger partial charge in [0.15, 0.2) is 0 Å². The topological polar surface area (TPSA) is 60.9 Å². The fraction of sp³-hybridized carbons (Fsp3) is 0.700. The Bertz CT molecular complexity index is 600. The predicted molar refractivity (Wildman–Crippen MR) is 105 cm³/mol. The molecule has 1 amide bonds. The molecule has 1 N–H and O–H groups in total. The quantitative estimate of drug-likeness (QED) is 0.826. The average Bonchev–Trinajstić information content (AvgIpc) is 2.75. The van der Waals surface area contributed by atoms with Crippen LogP contribution in [0.1, 0.15) is 12.8 Å². The van der Waals surface area contributed by atoms with Crippen LogP contribution in [0.4, 0.5) is 5.82 Å². The number of carbonyl (C=O) groups excluding carboxylic acids is 1. The Morgan fingerprint density at radius 2 is 2.11 bits per heavy atom. The average molecular weight is 374 g/mol. The molecule has 7 heteroatoms. The van der Waals surface area contributed by atoms with Gasteiger partial charge in [-0.3, -0.25) is 9.69 Å². The van der Waals surface area contributed by atoms with Crippen LogP contribution in [0.5, 0.6) is 0 Å². The number of ether oxygens (including phenoxy) is 1. The summed E-state index contributed by atoms with van der Waals surface area (Å²) < 4.78 is 5.66. The summed E-state index contributed by atoms with van der Waals surface area (Å²) in [4.78, 5) is 24.1. The molecule has 3 aliphatic rings. The Kier molecular flexibility index (Phi) is 6.21. The Morgan fingerprint density at radius 1 is 1.22 bits per heavy atom. The number of piperazine rings is 1. The maximum absolute atomic E-state index is 12.7. The Morgan fingerprint density at radius 3 is 2.85 bits per heavy atom. The highest BCUT2D eigenvalue weighted by Gasteiger charge is 2.31. The van der Waals surface area contributed by atoms with E-state index >= 15 is 0 Å². The zero-order valence-corrected chi connectivity index (χ0v) is 16.1. The maximum atomic E-state index is 12.7. The van der Waals surface area contributed by atoms with E-state index in [9.17, 15) is 4.79 Å². The van der Waals surface area contributed by atoms with Crippen molar-refractivity contribution in [2.24, 2.45) is 5.92 Å². The van der Waals surface area contributed by atoms with Crippen molar-refractivity contribution in [3.05, 3.63) is 24.4 Å². The number of rotatable bonds is 4. The van der Waals surface area contributed by atoms with Gasteiger partial charge in [0.05, 0.1) is 6.61 Å². The molecule has 3 saturated heterocycles. The minimum atomic E-state index is -0.292. The van der Waals surface area contributed by atoms with Gasteiger partial charge in [0.1, 0.15) is 11.9 Å². The van der Waals surface area contributed by atoms with Gasteiger partial charge < -0.3 is 19.9 Å². The number of anilines is 1. The molecule has 4 rings (SSSR count). The first-order valence-corrected chi connectivity index (χ1v) is 10.3. The van der Waals surface area contributed by atoms with Crippen LogP contribution in [0.15, 0.2) is 24.4 Å². The zero-order valence-electron chi connectivity index (χ0n) is 16.1. The summed E-state index contributed by atoms with van der Waals surface area (Å²) in [5.41, 5.74) is 0. The molecule has 0 aliphatic carbocycles. The predicted octanol–water partition coefficient (Wildman–Crippen LogP) is 0.431. The van der Waals surface area contributed by atoms with Gasteiger partial charge in [0, 0.05) is 65.1 Å². The van der Waals surface area contributed by atoms with Crippen molar-refractivity contribution < 1.29 is 9.53 Å². The molecule has 3 fully saturated rings. The van der Waals surface area contributed by atoms with Gasteiger partial charge in [-0.1, -0.05) is 6.07 Å². The number of likely N-dealkylation sites (tertiary alicyclic amines) is 1. The van der Waals surface area contributed by atoms with E-state index in [1.807, 2.05) is 23.2 Å². The Labute approximate surface area is 161 Å². The SMILES string of the molecule is O=C([C@@H]1CNCCO1)N1CCC[C@H](CN2CCN(c3ccccn3)CC2)C1. The van der Waals surface area contributed by atoms with Crippen LogP contribution < -0.4 is 10.2 Å². The van der Waals surface area contributed by atoms with Crippen LogP contribution in [-0.4, -0.2) is 92.3 Å². The van der Waals surface area contributed by atoms with Crippen molar-refractivity contribution in [3.63, 3.8) is 0 Å². The van der Waals surface area contributed by atoms with Crippen LogP contribution in [0, 0.1) is 5.92 Å². The first kappa shape index (κ1) is 18.7. The van der Waals surface area contributed by atoms with E-state index in [1.54, 1.807) is 0 Å². The van der Waals surface area contributed by atoms with Crippen molar-refractivity contribution in [2.75, 3.05) is 70.4 Å². The fourth-order valence-corrected chi connectivity index (χ4v) is 4.41. The molecule has 0 aromatic carbocycles. The molecule has 7 nitrogen and oxygen atoms in total. The third-order valence-electron chi connectivity index (χ3n) is 5.90. The number of carbonyl (C=O) groups is 1. The molecule has 1 aromatic rings. The van der Waals surface area contributed by atoms with Crippen LogP contribution in [-0.2, 0) is 9.53 Å². The second kappa shape index (κ2) is 8.99. The lowest BCUT2D eigenvalue weighted by Gasteiger charge is -2.40. The first-order valence-electron chi connectivity index (χ1n) is 10.3. The first-order chi connectivity index (χ1) is 13.3. The maximum Gasteiger partial charge on any atom is 0.253 e. The summed E-state index contributed by atoms with van der Waals surface area (Å²) >= 11 is 0. The number of aromatic nitrogens is 1. The van der Waals surface area contributed by atoms with E-state index in [2.05, 4.69) is 26.2 Å². The highest BCUT2D eigenvalue weighted by molar-refractivity contribution is 5.81. The fourth-order valence-electron chi connectivity index (χ4n) is 4.41. The molecular formula is C20H31N5O2. The van der Waals surface area contributed by atoms with Crippen molar-refractivity contribution in [1.29, 1.82) is 0 Å². The van der Waals surface area contributed by atoms with E-state index < -0.39 is 0 Å². The summed E-state index contributed by atoms with van der Waals surface area (Å²) in [7, 11) is 0. The van der Waals surface area contributed by atoms with Crippen molar-refractivity contribution in [2.45, 2.75) is 18.9 Å². The normalized spacial score (nSPS) is 27.6. The van der Waals surface area contributed by atoms with Gasteiger partial charge in [0.25, 0.3) is 5.91 Å². The molecular weight excluding hydrogens is 342 g/mol. The third kappa shape index (κ3) is 4.78. The monoisotopic (exact) mass is 373 g/mol. The Hall–Kier alpha value is -1.70. The molecule has 148 valence electrons. The number of pyridine rings is 1. The van der Waals surface area contributed by atoms with E-state index in [1.165, 1.54) is 6.42 Å². The van der Waals surface area contributed by atoms with Crippen molar-refractivity contribution in [3.8, 4) is 0 Å². The summed E-state index contributed by atoms with van der Waals surface area (Å²) in [6.07, 6.45) is 3.89. The van der Waals surface area contributed by atoms with Crippen LogP contribution in [0.3, 0.4) is 0 Å². The number of amides is 1. The summed E-state index contributed by atoms with van der Waals surface area (Å²) in [6.45, 7) is 9.14. The van der Waals surface area contributed by atoms with Crippen molar-refractivity contribution in [1.82, 2.24) is 20.1 Å². The number of nitrogens with one attached hydrogen (secondary N) is 1. The molecule has 4 heterocycles. The third-order valence-corrected chi connectivity index (χ3v) is 5.90. The van der Waals surface area contributed by atoms with E-state index in [0.717, 1.165) is 64.6 Å². The molecule has 0 unspecified atom stereocenters. The molecule has 27 heavy (non-hydrogen) atoms. The van der Waals surface area contributed by atoms with Crippen LogP contribution in [0.25, 0.3) is 0 Å². The standard InChI is InChI=1S/C20H31N5O2/c26-20(18-14-21-7-13-27-18)25-8-3-4-17(16-25)15-23-9-11-24(12-10-23)19-5-1-2-6-22-19/h1-2,5-6,17-18,21H,3-4,7-16H2/t17-,18+/m1/s1. The van der Waals surface area contributed by atoms with Gasteiger partial charge in [-0.15, -0.1) is 0 Å². The second-order valence-corrected chi connectivity index (χ2v) is 7.83. The lowest BCUT2D eigenvalue weighted by atomic mass is 9.96. The lowest BCUT2D eigenvalue weighted by molar-refractivity contribution is -0.147. The minimum absolute atomic E-state index is 0.173. The van der Waals surface area contributed by atoms with E-state index in [0.29, 0.717) is 19.1 Å². The number of nitrogens with zero attached hydrogens (tertiary/aromatic N) is 4. The summed E-state index contributed by atoms with van der Waals surface area (Å²) in [5, 5.41) is 3.26. The highest BCUT2D eigenvalue weighted by Crippen LogP contribution is 2.21.